The number of hydrogen-bond acceptors (Lipinski definition) is 3. The van der Waals surface area contributed by atoms with Gasteiger partial charge >= 0.3 is 0 Å². The van der Waals surface area contributed by atoms with Crippen molar-refractivity contribution in [2.24, 2.45) is 0 Å². The summed E-state index contributed by atoms with van der Waals surface area (Å²) >= 11 is 0. The lowest BCUT2D eigenvalue weighted by atomic mass is 9.97. The number of aliphatic hydroxyl groups excluding tert-OH is 2. The molecule has 3 heteroatoms. The summed E-state index contributed by atoms with van der Waals surface area (Å²) in [5.41, 5.74) is 2.38. The predicted octanol–water partition coefficient (Wildman–Crippen LogP) is 2.49. The third-order valence-corrected chi connectivity index (χ3v) is 2.97. The lowest BCUT2D eigenvalue weighted by Gasteiger charge is -2.15. The molecule has 0 radical (unpaired) electrons. The first-order chi connectivity index (χ1) is 8.58. The molecule has 1 rings (SSSR count). The maximum absolute atomic E-state index is 9.36. The Bertz CT molecular complexity index is 361. The van der Waals surface area contributed by atoms with E-state index in [1.807, 2.05) is 19.1 Å². The van der Waals surface area contributed by atoms with Crippen molar-refractivity contribution in [2.75, 3.05) is 13.2 Å². The SMILES string of the molecule is CCOc1ccc(CCC(O)CO)cc1C(C)C. The second-order valence-electron chi connectivity index (χ2n) is 4.83. The van der Waals surface area contributed by atoms with Gasteiger partial charge in [0.2, 0.25) is 0 Å². The van der Waals surface area contributed by atoms with Crippen LogP contribution < -0.4 is 4.74 Å². The number of benzene rings is 1. The van der Waals surface area contributed by atoms with Gasteiger partial charge in [-0.1, -0.05) is 26.0 Å². The van der Waals surface area contributed by atoms with Crippen molar-refractivity contribution < 1.29 is 14.9 Å². The second-order valence-corrected chi connectivity index (χ2v) is 4.83. The molecule has 0 bridgehead atoms. The molecule has 0 aliphatic heterocycles. The van der Waals surface area contributed by atoms with Gasteiger partial charge in [0.25, 0.3) is 0 Å². The molecule has 2 N–H and O–H groups in total. The minimum absolute atomic E-state index is 0.173. The highest BCUT2D eigenvalue weighted by Crippen LogP contribution is 2.28. The van der Waals surface area contributed by atoms with Crippen LogP contribution in [0.25, 0.3) is 0 Å². The maximum atomic E-state index is 9.36. The summed E-state index contributed by atoms with van der Waals surface area (Å²) < 4.78 is 5.61. The van der Waals surface area contributed by atoms with E-state index in [1.54, 1.807) is 0 Å². The Morgan fingerprint density at radius 1 is 1.28 bits per heavy atom. The topological polar surface area (TPSA) is 49.7 Å². The number of aliphatic hydroxyl groups is 2. The third-order valence-electron chi connectivity index (χ3n) is 2.97. The van der Waals surface area contributed by atoms with Gasteiger partial charge < -0.3 is 14.9 Å². The van der Waals surface area contributed by atoms with Crippen LogP contribution in [-0.2, 0) is 6.42 Å². The van der Waals surface area contributed by atoms with Crippen LogP contribution in [0, 0.1) is 0 Å². The van der Waals surface area contributed by atoms with E-state index in [0.29, 0.717) is 18.9 Å². The first kappa shape index (κ1) is 15.0. The third kappa shape index (κ3) is 4.31. The molecule has 0 aromatic heterocycles. The van der Waals surface area contributed by atoms with Crippen LogP contribution in [0.5, 0.6) is 5.75 Å². The number of aryl methyl sites for hydroxylation is 1. The highest BCUT2D eigenvalue weighted by atomic mass is 16.5. The zero-order valence-electron chi connectivity index (χ0n) is 11.5. The van der Waals surface area contributed by atoms with Crippen molar-refractivity contribution in [3.8, 4) is 5.75 Å². The van der Waals surface area contributed by atoms with Crippen LogP contribution in [0.2, 0.25) is 0 Å². The molecule has 0 heterocycles. The van der Waals surface area contributed by atoms with Gasteiger partial charge in [0.05, 0.1) is 19.3 Å². The Morgan fingerprint density at radius 2 is 2.00 bits per heavy atom. The van der Waals surface area contributed by atoms with Crippen molar-refractivity contribution in [1.82, 2.24) is 0 Å². The summed E-state index contributed by atoms with van der Waals surface area (Å²) in [4.78, 5) is 0. The van der Waals surface area contributed by atoms with E-state index in [4.69, 9.17) is 9.84 Å². The van der Waals surface area contributed by atoms with Crippen LogP contribution in [0.15, 0.2) is 18.2 Å². The predicted molar refractivity (Wildman–Crippen MR) is 73.1 cm³/mol. The zero-order valence-corrected chi connectivity index (χ0v) is 11.5. The summed E-state index contributed by atoms with van der Waals surface area (Å²) in [7, 11) is 0. The molecule has 0 saturated heterocycles. The van der Waals surface area contributed by atoms with E-state index in [0.717, 1.165) is 12.2 Å². The van der Waals surface area contributed by atoms with Gasteiger partial charge in [0, 0.05) is 0 Å². The van der Waals surface area contributed by atoms with Gasteiger partial charge in [-0.3, -0.25) is 0 Å². The molecule has 102 valence electrons. The first-order valence-electron chi connectivity index (χ1n) is 6.63. The van der Waals surface area contributed by atoms with E-state index in [9.17, 15) is 5.11 Å². The van der Waals surface area contributed by atoms with Gasteiger partial charge in [0.15, 0.2) is 0 Å². The fraction of sp³-hybridized carbons (Fsp3) is 0.600. The van der Waals surface area contributed by atoms with Crippen LogP contribution in [0.4, 0.5) is 0 Å². The van der Waals surface area contributed by atoms with Gasteiger partial charge in [-0.15, -0.1) is 0 Å². The fourth-order valence-electron chi connectivity index (χ4n) is 1.92. The van der Waals surface area contributed by atoms with Gasteiger partial charge in [0.1, 0.15) is 5.75 Å². The molecule has 0 aliphatic carbocycles. The largest absolute Gasteiger partial charge is 0.494 e. The first-order valence-corrected chi connectivity index (χ1v) is 6.63. The van der Waals surface area contributed by atoms with Gasteiger partial charge in [-0.25, -0.2) is 0 Å². The molecule has 0 spiro atoms. The smallest absolute Gasteiger partial charge is 0.122 e. The minimum Gasteiger partial charge on any atom is -0.494 e. The van der Waals surface area contributed by atoms with Crippen LogP contribution in [0.1, 0.15) is 44.2 Å². The molecule has 0 amide bonds. The van der Waals surface area contributed by atoms with Crippen LogP contribution >= 0.6 is 0 Å². The van der Waals surface area contributed by atoms with Crippen LogP contribution in [-0.4, -0.2) is 29.5 Å². The highest BCUT2D eigenvalue weighted by molar-refractivity contribution is 5.39. The summed E-state index contributed by atoms with van der Waals surface area (Å²) in [6.45, 7) is 6.76. The van der Waals surface area contributed by atoms with Crippen molar-refractivity contribution in [3.05, 3.63) is 29.3 Å². The number of hydrogen-bond donors (Lipinski definition) is 2. The number of ether oxygens (including phenoxy) is 1. The highest BCUT2D eigenvalue weighted by Gasteiger charge is 2.10. The molecular weight excluding hydrogens is 228 g/mol. The van der Waals surface area contributed by atoms with Crippen molar-refractivity contribution in [2.45, 2.75) is 45.6 Å². The Morgan fingerprint density at radius 3 is 2.56 bits per heavy atom. The van der Waals surface area contributed by atoms with Crippen molar-refractivity contribution in [1.29, 1.82) is 0 Å². The summed E-state index contributed by atoms with van der Waals surface area (Å²) in [6, 6.07) is 6.17. The molecular formula is C15H24O3. The maximum Gasteiger partial charge on any atom is 0.122 e. The molecule has 1 unspecified atom stereocenters. The minimum atomic E-state index is -0.626. The lowest BCUT2D eigenvalue weighted by Crippen LogP contribution is -2.12. The van der Waals surface area contributed by atoms with Crippen molar-refractivity contribution in [3.63, 3.8) is 0 Å². The lowest BCUT2D eigenvalue weighted by molar-refractivity contribution is 0.0886. The Balaban J connectivity index is 2.79. The van der Waals surface area contributed by atoms with E-state index in [1.165, 1.54) is 11.1 Å². The fourth-order valence-corrected chi connectivity index (χ4v) is 1.92. The average Bonchev–Trinajstić information content (AvgIpc) is 2.37. The molecule has 3 nitrogen and oxygen atoms in total. The summed E-state index contributed by atoms with van der Waals surface area (Å²) in [5.74, 6) is 1.35. The zero-order chi connectivity index (χ0) is 13.5. The van der Waals surface area contributed by atoms with E-state index in [-0.39, 0.29) is 6.61 Å². The Hall–Kier alpha value is -1.06. The molecule has 0 fully saturated rings. The molecule has 1 aromatic carbocycles. The monoisotopic (exact) mass is 252 g/mol. The summed E-state index contributed by atoms with van der Waals surface area (Å²) in [5, 5.41) is 18.2. The average molecular weight is 252 g/mol. The molecule has 18 heavy (non-hydrogen) atoms. The Labute approximate surface area is 109 Å². The Kier molecular flexibility index (Phi) is 6.16. The van der Waals surface area contributed by atoms with E-state index >= 15 is 0 Å². The second kappa shape index (κ2) is 7.39. The molecule has 1 atom stereocenters. The van der Waals surface area contributed by atoms with Gasteiger partial charge in [-0.2, -0.15) is 0 Å². The quantitative estimate of drug-likeness (QED) is 0.784. The normalized spacial score (nSPS) is 12.8. The van der Waals surface area contributed by atoms with Crippen LogP contribution in [0.3, 0.4) is 0 Å². The molecule has 0 saturated carbocycles. The molecule has 1 aromatic rings. The van der Waals surface area contributed by atoms with Crippen molar-refractivity contribution >= 4 is 0 Å². The van der Waals surface area contributed by atoms with Gasteiger partial charge in [-0.05, 0) is 42.9 Å². The van der Waals surface area contributed by atoms with E-state index in [2.05, 4.69) is 19.9 Å². The summed E-state index contributed by atoms with van der Waals surface area (Å²) in [6.07, 6.45) is 0.731. The molecule has 0 aliphatic rings. The van der Waals surface area contributed by atoms with E-state index < -0.39 is 6.10 Å². The number of rotatable bonds is 7. The standard InChI is InChI=1S/C15H24O3/c1-4-18-15-8-6-12(5-7-13(17)10-16)9-14(15)11(2)3/h6,8-9,11,13,16-17H,4-5,7,10H2,1-3H3.